The molecule has 0 atom stereocenters. The van der Waals surface area contributed by atoms with E-state index in [9.17, 15) is 4.79 Å². The molecule has 14 heavy (non-hydrogen) atoms. The Morgan fingerprint density at radius 1 is 1.64 bits per heavy atom. The van der Waals surface area contributed by atoms with Gasteiger partial charge in [-0.25, -0.2) is 4.79 Å². The number of nitrogens with zero attached hydrogens (tertiary/aromatic N) is 1. The first-order valence-corrected chi connectivity index (χ1v) is 5.02. The van der Waals surface area contributed by atoms with Crippen LogP contribution in [0, 0.1) is 6.92 Å². The fourth-order valence-electron chi connectivity index (χ4n) is 0.718. The Labute approximate surface area is 90.5 Å². The maximum atomic E-state index is 10.7. The third-order valence-electron chi connectivity index (χ3n) is 1.36. The Bertz CT molecular complexity index is 362. The van der Waals surface area contributed by atoms with Crippen molar-refractivity contribution < 1.29 is 9.63 Å². The van der Waals surface area contributed by atoms with E-state index in [1.807, 2.05) is 19.1 Å². The Kier molecular flexibility index (Phi) is 3.91. The van der Waals surface area contributed by atoms with Gasteiger partial charge in [0.2, 0.25) is 0 Å². The van der Waals surface area contributed by atoms with Crippen molar-refractivity contribution in [1.82, 2.24) is 5.32 Å². The summed E-state index contributed by atoms with van der Waals surface area (Å²) in [7, 11) is 1.45. The monoisotopic (exact) mass is 232 g/mol. The van der Waals surface area contributed by atoms with Gasteiger partial charge in [-0.1, -0.05) is 16.8 Å². The number of nitrogens with one attached hydrogen (secondary N) is 1. The van der Waals surface area contributed by atoms with Crippen LogP contribution in [0.2, 0.25) is 0 Å². The second-order valence-electron chi connectivity index (χ2n) is 2.42. The molecule has 0 aliphatic carbocycles. The molecule has 1 aromatic rings. The lowest BCUT2D eigenvalue weighted by atomic mass is 10.4. The molecule has 76 valence electrons. The number of thiophene rings is 1. The number of carbonyl (C=O) groups excluding carboxylic acids is 1. The molecular formula is C8H9ClN2O2S. The van der Waals surface area contributed by atoms with Crippen LogP contribution in [0.4, 0.5) is 4.79 Å². The van der Waals surface area contributed by atoms with Gasteiger partial charge >= 0.3 is 6.09 Å². The van der Waals surface area contributed by atoms with Crippen molar-refractivity contribution in [2.75, 3.05) is 7.05 Å². The number of amides is 1. The van der Waals surface area contributed by atoms with Crippen molar-refractivity contribution in [2.45, 2.75) is 6.92 Å². The maximum Gasteiger partial charge on any atom is 0.433 e. The summed E-state index contributed by atoms with van der Waals surface area (Å²) in [5, 5.41) is 5.89. The highest BCUT2D eigenvalue weighted by atomic mass is 35.5. The molecule has 1 aromatic heterocycles. The van der Waals surface area contributed by atoms with Gasteiger partial charge in [-0.2, -0.15) is 0 Å². The van der Waals surface area contributed by atoms with Gasteiger partial charge in [-0.3, -0.25) is 4.84 Å². The zero-order valence-corrected chi connectivity index (χ0v) is 9.28. The smallest absolute Gasteiger partial charge is 0.323 e. The first-order valence-electron chi connectivity index (χ1n) is 3.82. The number of carbonyl (C=O) groups is 1. The van der Waals surface area contributed by atoms with Gasteiger partial charge < -0.3 is 5.32 Å². The van der Waals surface area contributed by atoms with Crippen LogP contribution in [0.5, 0.6) is 0 Å². The molecule has 0 aliphatic rings. The van der Waals surface area contributed by atoms with Crippen LogP contribution in [0.1, 0.15) is 9.75 Å². The van der Waals surface area contributed by atoms with Crippen molar-refractivity contribution >= 4 is 34.2 Å². The van der Waals surface area contributed by atoms with E-state index < -0.39 is 6.09 Å². The van der Waals surface area contributed by atoms with Crippen LogP contribution in [0.3, 0.4) is 0 Å². The van der Waals surface area contributed by atoms with Crippen molar-refractivity contribution in [3.63, 3.8) is 0 Å². The van der Waals surface area contributed by atoms with Crippen LogP contribution in [0.15, 0.2) is 17.3 Å². The van der Waals surface area contributed by atoms with E-state index in [0.29, 0.717) is 0 Å². The summed E-state index contributed by atoms with van der Waals surface area (Å²) < 4.78 is 0. The number of oxime groups is 1. The predicted molar refractivity (Wildman–Crippen MR) is 57.0 cm³/mol. The topological polar surface area (TPSA) is 50.7 Å². The first-order chi connectivity index (χ1) is 6.63. The van der Waals surface area contributed by atoms with Gasteiger partial charge in [-0.15, -0.1) is 11.3 Å². The first kappa shape index (κ1) is 11.0. The van der Waals surface area contributed by atoms with E-state index in [2.05, 4.69) is 15.3 Å². The number of halogens is 1. The maximum absolute atomic E-state index is 10.7. The molecule has 0 aromatic carbocycles. The zero-order chi connectivity index (χ0) is 10.6. The number of aryl methyl sites for hydroxylation is 1. The summed E-state index contributed by atoms with van der Waals surface area (Å²) in [5.41, 5.74) is 0. The minimum atomic E-state index is -0.642. The summed E-state index contributed by atoms with van der Waals surface area (Å²) >= 11 is 7.26. The predicted octanol–water partition coefficient (Wildman–Crippen LogP) is 2.31. The molecule has 0 fully saturated rings. The Balaban J connectivity index is 2.65. The number of hydrogen-bond donors (Lipinski definition) is 1. The third-order valence-corrected chi connectivity index (χ3v) is 2.75. The summed E-state index contributed by atoms with van der Waals surface area (Å²) in [6, 6.07) is 3.73. The fourth-order valence-corrected chi connectivity index (χ4v) is 1.67. The quantitative estimate of drug-likeness (QED) is 0.483. The average molecular weight is 233 g/mol. The lowest BCUT2D eigenvalue weighted by Gasteiger charge is -1.95. The minimum Gasteiger partial charge on any atom is -0.323 e. The van der Waals surface area contributed by atoms with Gasteiger partial charge in [0.25, 0.3) is 0 Å². The summed E-state index contributed by atoms with van der Waals surface area (Å²) in [4.78, 5) is 17.0. The van der Waals surface area contributed by atoms with Crippen LogP contribution in [-0.2, 0) is 4.84 Å². The van der Waals surface area contributed by atoms with E-state index in [1.165, 1.54) is 18.4 Å². The molecule has 0 saturated heterocycles. The normalized spacial score (nSPS) is 11.2. The van der Waals surface area contributed by atoms with Gasteiger partial charge in [-0.05, 0) is 19.1 Å². The van der Waals surface area contributed by atoms with Gasteiger partial charge in [0.1, 0.15) is 0 Å². The van der Waals surface area contributed by atoms with E-state index in [1.54, 1.807) is 0 Å². The van der Waals surface area contributed by atoms with Gasteiger partial charge in [0.05, 0.1) is 4.88 Å². The summed E-state index contributed by atoms with van der Waals surface area (Å²) in [6.45, 7) is 1.96. The summed E-state index contributed by atoms with van der Waals surface area (Å²) in [6.07, 6.45) is -0.642. The highest BCUT2D eigenvalue weighted by Gasteiger charge is 2.04. The van der Waals surface area contributed by atoms with Crippen molar-refractivity contribution in [2.24, 2.45) is 5.16 Å². The van der Waals surface area contributed by atoms with E-state index >= 15 is 0 Å². The third kappa shape index (κ3) is 3.01. The number of hydrogen-bond acceptors (Lipinski definition) is 4. The Hall–Kier alpha value is -1.07. The molecule has 0 aliphatic heterocycles. The minimum absolute atomic E-state index is 0.173. The Morgan fingerprint density at radius 2 is 2.36 bits per heavy atom. The SMILES string of the molecule is CNC(=O)O/N=C(\Cl)c1ccc(C)s1. The molecule has 1 rings (SSSR count). The van der Waals surface area contributed by atoms with Crippen LogP contribution < -0.4 is 5.32 Å². The van der Waals surface area contributed by atoms with Crippen LogP contribution in [-0.4, -0.2) is 18.3 Å². The van der Waals surface area contributed by atoms with Gasteiger partial charge in [0, 0.05) is 11.9 Å². The molecule has 0 unspecified atom stereocenters. The molecular weight excluding hydrogens is 224 g/mol. The van der Waals surface area contributed by atoms with Crippen LogP contribution >= 0.6 is 22.9 Å². The second-order valence-corrected chi connectivity index (χ2v) is 4.07. The molecule has 1 amide bonds. The molecule has 6 heteroatoms. The lowest BCUT2D eigenvalue weighted by Crippen LogP contribution is -2.17. The molecule has 0 saturated carbocycles. The van der Waals surface area contributed by atoms with E-state index in [0.717, 1.165) is 9.75 Å². The second kappa shape index (κ2) is 4.97. The molecule has 1 heterocycles. The highest BCUT2D eigenvalue weighted by Crippen LogP contribution is 2.17. The molecule has 1 N–H and O–H groups in total. The molecule has 4 nitrogen and oxygen atoms in total. The molecule has 0 spiro atoms. The van der Waals surface area contributed by atoms with E-state index in [4.69, 9.17) is 11.6 Å². The molecule has 0 bridgehead atoms. The zero-order valence-electron chi connectivity index (χ0n) is 7.70. The van der Waals surface area contributed by atoms with Crippen molar-refractivity contribution in [3.05, 3.63) is 21.9 Å². The lowest BCUT2D eigenvalue weighted by molar-refractivity contribution is 0.153. The summed E-state index contributed by atoms with van der Waals surface area (Å²) in [5.74, 6) is 0. The molecule has 0 radical (unpaired) electrons. The van der Waals surface area contributed by atoms with E-state index in [-0.39, 0.29) is 5.17 Å². The average Bonchev–Trinajstić information content (AvgIpc) is 2.60. The van der Waals surface area contributed by atoms with Crippen LogP contribution in [0.25, 0.3) is 0 Å². The largest absolute Gasteiger partial charge is 0.433 e. The van der Waals surface area contributed by atoms with Crippen molar-refractivity contribution in [1.29, 1.82) is 0 Å². The standard InChI is InChI=1S/C8H9ClN2O2S/c1-5-3-4-6(14-5)7(9)11-13-8(12)10-2/h3-4H,1-2H3,(H,10,12)/b11-7-. The Morgan fingerprint density at radius 3 is 2.86 bits per heavy atom. The number of rotatable bonds is 2. The van der Waals surface area contributed by atoms with Gasteiger partial charge in [0.15, 0.2) is 5.17 Å². The fraction of sp³-hybridized carbons (Fsp3) is 0.250. The van der Waals surface area contributed by atoms with Crippen molar-refractivity contribution in [3.8, 4) is 0 Å². The highest BCUT2D eigenvalue weighted by molar-refractivity contribution is 7.15.